The SMILES string of the molecule is Cc1ccc(N)cc1-c1ccoc1.Cc1ccc([N+](=O)[O-])cc1-c1ccoc1. The molecule has 0 bridgehead atoms. The molecule has 4 aromatic rings. The van der Waals surface area contributed by atoms with Crippen molar-refractivity contribution in [2.24, 2.45) is 0 Å². The van der Waals surface area contributed by atoms with Crippen molar-refractivity contribution in [3.63, 3.8) is 0 Å². The van der Waals surface area contributed by atoms with Crippen LogP contribution in [-0.4, -0.2) is 4.92 Å². The van der Waals surface area contributed by atoms with Crippen LogP contribution in [0, 0.1) is 24.0 Å². The van der Waals surface area contributed by atoms with Gasteiger partial charge in [0.1, 0.15) is 0 Å². The fourth-order valence-corrected chi connectivity index (χ4v) is 2.82. The number of nitrogens with zero attached hydrogens (tertiary/aromatic N) is 1. The van der Waals surface area contributed by atoms with Crippen molar-refractivity contribution in [3.8, 4) is 22.3 Å². The summed E-state index contributed by atoms with van der Waals surface area (Å²) in [5, 5.41) is 10.6. The van der Waals surface area contributed by atoms with E-state index in [-0.39, 0.29) is 5.69 Å². The van der Waals surface area contributed by atoms with Crippen molar-refractivity contribution >= 4 is 11.4 Å². The van der Waals surface area contributed by atoms with Crippen molar-refractivity contribution in [1.29, 1.82) is 0 Å². The number of benzene rings is 2. The topological polar surface area (TPSA) is 95.4 Å². The van der Waals surface area contributed by atoms with E-state index in [1.807, 2.05) is 31.2 Å². The number of nitrogens with two attached hydrogens (primary N) is 1. The van der Waals surface area contributed by atoms with Crippen LogP contribution >= 0.6 is 0 Å². The second-order valence-corrected chi connectivity index (χ2v) is 6.35. The molecule has 4 rings (SSSR count). The van der Waals surface area contributed by atoms with Crippen molar-refractivity contribution < 1.29 is 13.8 Å². The molecular weight excluding hydrogens is 356 g/mol. The number of nitro groups is 1. The van der Waals surface area contributed by atoms with Gasteiger partial charge >= 0.3 is 0 Å². The van der Waals surface area contributed by atoms with Gasteiger partial charge in [0, 0.05) is 28.9 Å². The summed E-state index contributed by atoms with van der Waals surface area (Å²) in [5.41, 5.74) is 12.7. The van der Waals surface area contributed by atoms with Gasteiger partial charge in [-0.15, -0.1) is 0 Å². The number of nitrogen functional groups attached to an aromatic ring is 1. The van der Waals surface area contributed by atoms with E-state index in [9.17, 15) is 10.1 Å². The summed E-state index contributed by atoms with van der Waals surface area (Å²) in [6.45, 7) is 3.97. The molecule has 0 saturated carbocycles. The molecule has 2 aromatic carbocycles. The fourth-order valence-electron chi connectivity index (χ4n) is 2.82. The van der Waals surface area contributed by atoms with Crippen molar-refractivity contribution in [2.45, 2.75) is 13.8 Å². The maximum Gasteiger partial charge on any atom is 0.270 e. The van der Waals surface area contributed by atoms with Crippen molar-refractivity contribution in [3.05, 3.63) is 94.8 Å². The Labute approximate surface area is 162 Å². The molecule has 0 fully saturated rings. The average molecular weight is 376 g/mol. The van der Waals surface area contributed by atoms with Crippen molar-refractivity contribution in [2.75, 3.05) is 5.73 Å². The van der Waals surface area contributed by atoms with E-state index in [0.29, 0.717) is 0 Å². The lowest BCUT2D eigenvalue weighted by atomic mass is 10.0. The van der Waals surface area contributed by atoms with Crippen LogP contribution in [0.1, 0.15) is 11.1 Å². The molecule has 2 heterocycles. The molecule has 0 amide bonds. The van der Waals surface area contributed by atoms with Crippen molar-refractivity contribution in [1.82, 2.24) is 0 Å². The molecule has 2 aromatic heterocycles. The fraction of sp³-hybridized carbons (Fsp3) is 0.0909. The van der Waals surface area contributed by atoms with Gasteiger partial charge in [0.05, 0.1) is 30.0 Å². The Morgan fingerprint density at radius 1 is 0.821 bits per heavy atom. The van der Waals surface area contributed by atoms with Crippen LogP contribution in [0.15, 0.2) is 82.4 Å². The lowest BCUT2D eigenvalue weighted by Crippen LogP contribution is -1.89. The van der Waals surface area contributed by atoms with Crippen LogP contribution in [-0.2, 0) is 0 Å². The van der Waals surface area contributed by atoms with E-state index < -0.39 is 4.92 Å². The molecule has 0 atom stereocenters. The van der Waals surface area contributed by atoms with Gasteiger partial charge in [0.2, 0.25) is 0 Å². The molecule has 0 radical (unpaired) electrons. The molecule has 0 aliphatic rings. The van der Waals surface area contributed by atoms with Gasteiger partial charge < -0.3 is 14.6 Å². The highest BCUT2D eigenvalue weighted by molar-refractivity contribution is 5.70. The van der Waals surface area contributed by atoms with E-state index in [1.165, 1.54) is 11.6 Å². The van der Waals surface area contributed by atoms with Gasteiger partial charge in [-0.2, -0.15) is 0 Å². The number of rotatable bonds is 3. The molecule has 0 saturated heterocycles. The highest BCUT2D eigenvalue weighted by Crippen LogP contribution is 2.28. The quantitative estimate of drug-likeness (QED) is 0.269. The third kappa shape index (κ3) is 4.29. The Morgan fingerprint density at radius 2 is 1.36 bits per heavy atom. The smallest absolute Gasteiger partial charge is 0.270 e. The molecule has 6 nitrogen and oxygen atoms in total. The number of hydrogen-bond acceptors (Lipinski definition) is 5. The molecule has 142 valence electrons. The first-order chi connectivity index (χ1) is 13.5. The van der Waals surface area contributed by atoms with Gasteiger partial charge in [0.25, 0.3) is 5.69 Å². The zero-order chi connectivity index (χ0) is 20.1. The highest BCUT2D eigenvalue weighted by Gasteiger charge is 2.10. The molecule has 0 aliphatic carbocycles. The lowest BCUT2D eigenvalue weighted by molar-refractivity contribution is -0.384. The third-order valence-corrected chi connectivity index (χ3v) is 4.36. The normalized spacial score (nSPS) is 10.2. The number of furan rings is 2. The summed E-state index contributed by atoms with van der Waals surface area (Å²) in [6, 6.07) is 14.4. The van der Waals surface area contributed by atoms with E-state index in [2.05, 4.69) is 6.92 Å². The first kappa shape index (κ1) is 19.0. The number of hydrogen-bond donors (Lipinski definition) is 1. The summed E-state index contributed by atoms with van der Waals surface area (Å²) in [7, 11) is 0. The van der Waals surface area contributed by atoms with Crippen LogP contribution in [0.3, 0.4) is 0 Å². The van der Waals surface area contributed by atoms with Gasteiger partial charge in [-0.1, -0.05) is 12.1 Å². The summed E-state index contributed by atoms with van der Waals surface area (Å²) < 4.78 is 9.98. The first-order valence-electron chi connectivity index (χ1n) is 8.62. The van der Waals surface area contributed by atoms with Crippen LogP contribution in [0.25, 0.3) is 22.3 Å². The van der Waals surface area contributed by atoms with Crippen LogP contribution < -0.4 is 5.73 Å². The summed E-state index contributed by atoms with van der Waals surface area (Å²) >= 11 is 0. The molecule has 0 spiro atoms. The minimum atomic E-state index is -0.400. The first-order valence-corrected chi connectivity index (χ1v) is 8.62. The van der Waals surface area contributed by atoms with Gasteiger partial charge in [-0.05, 0) is 60.4 Å². The molecule has 6 heteroatoms. The molecule has 0 unspecified atom stereocenters. The monoisotopic (exact) mass is 376 g/mol. The van der Waals surface area contributed by atoms with E-state index in [0.717, 1.165) is 33.5 Å². The standard InChI is InChI=1S/C11H9NO3.C11H11NO/c1-8-2-3-10(12(13)14)6-11(8)9-4-5-15-7-9;1-8-2-3-10(12)6-11(8)9-4-5-13-7-9/h2-7H,1H3;2-7H,12H2,1H3. The Balaban J connectivity index is 0.000000162. The maximum absolute atomic E-state index is 10.6. The molecule has 28 heavy (non-hydrogen) atoms. The molecule has 0 aliphatic heterocycles. The zero-order valence-electron chi connectivity index (χ0n) is 15.6. The molecule has 2 N–H and O–H groups in total. The second-order valence-electron chi connectivity index (χ2n) is 6.35. The number of non-ortho nitro benzene ring substituents is 1. The predicted octanol–water partition coefficient (Wildman–Crippen LogP) is 6.00. The minimum Gasteiger partial charge on any atom is -0.472 e. The Hall–Kier alpha value is -3.80. The average Bonchev–Trinajstić information content (AvgIpc) is 3.38. The van der Waals surface area contributed by atoms with Gasteiger partial charge in [0.15, 0.2) is 0 Å². The van der Waals surface area contributed by atoms with Gasteiger partial charge in [-0.25, -0.2) is 0 Å². The number of aryl methyl sites for hydroxylation is 2. The van der Waals surface area contributed by atoms with E-state index in [1.54, 1.807) is 43.3 Å². The Bertz CT molecular complexity index is 1070. The van der Waals surface area contributed by atoms with E-state index in [4.69, 9.17) is 14.6 Å². The van der Waals surface area contributed by atoms with Crippen LogP contribution in [0.4, 0.5) is 11.4 Å². The Morgan fingerprint density at radius 3 is 1.86 bits per heavy atom. The molecular formula is C22H20N2O4. The highest BCUT2D eigenvalue weighted by atomic mass is 16.6. The third-order valence-electron chi connectivity index (χ3n) is 4.36. The summed E-state index contributed by atoms with van der Waals surface area (Å²) in [4.78, 5) is 10.2. The number of nitro benzene ring substituents is 1. The predicted molar refractivity (Wildman–Crippen MR) is 109 cm³/mol. The summed E-state index contributed by atoms with van der Waals surface area (Å²) in [5.74, 6) is 0. The lowest BCUT2D eigenvalue weighted by Gasteiger charge is -2.03. The second kappa shape index (κ2) is 8.26. The number of anilines is 1. The maximum atomic E-state index is 10.6. The largest absolute Gasteiger partial charge is 0.472 e. The minimum absolute atomic E-state index is 0.0943. The van der Waals surface area contributed by atoms with E-state index >= 15 is 0 Å². The van der Waals surface area contributed by atoms with Crippen LogP contribution in [0.2, 0.25) is 0 Å². The van der Waals surface area contributed by atoms with Crippen LogP contribution in [0.5, 0.6) is 0 Å². The Kier molecular flexibility index (Phi) is 5.60. The zero-order valence-corrected chi connectivity index (χ0v) is 15.6. The van der Waals surface area contributed by atoms with Gasteiger partial charge in [-0.3, -0.25) is 10.1 Å². The summed E-state index contributed by atoms with van der Waals surface area (Å²) in [6.07, 6.45) is 6.51.